The molecule has 0 unspecified atom stereocenters. The molecule has 0 spiro atoms. The average Bonchev–Trinajstić information content (AvgIpc) is 2.36. The second-order valence-electron chi connectivity index (χ2n) is 3.85. The molecular formula is C12H16F2N2OS. The molecule has 3 N–H and O–H groups in total. The number of carbonyl (C=O) groups is 1. The minimum Gasteiger partial charge on any atom is -0.351 e. The van der Waals surface area contributed by atoms with Crippen LogP contribution in [0.3, 0.4) is 0 Å². The van der Waals surface area contributed by atoms with Gasteiger partial charge in [0.15, 0.2) is 11.6 Å². The Kier molecular flexibility index (Phi) is 6.07. The van der Waals surface area contributed by atoms with Crippen molar-refractivity contribution in [3.63, 3.8) is 0 Å². The maximum absolute atomic E-state index is 12.9. The first-order valence-electron chi connectivity index (χ1n) is 5.50. The van der Waals surface area contributed by atoms with Crippen molar-refractivity contribution in [3.8, 4) is 0 Å². The Morgan fingerprint density at radius 1 is 1.44 bits per heavy atom. The van der Waals surface area contributed by atoms with Crippen LogP contribution in [0.1, 0.15) is 12.0 Å². The summed E-state index contributed by atoms with van der Waals surface area (Å²) < 4.78 is 25.6. The van der Waals surface area contributed by atoms with Crippen LogP contribution in [-0.4, -0.2) is 24.0 Å². The number of halogens is 2. The maximum atomic E-state index is 12.9. The van der Waals surface area contributed by atoms with Crippen LogP contribution < -0.4 is 11.1 Å². The van der Waals surface area contributed by atoms with Gasteiger partial charge >= 0.3 is 0 Å². The third-order valence-electron chi connectivity index (χ3n) is 2.42. The zero-order valence-corrected chi connectivity index (χ0v) is 10.9. The van der Waals surface area contributed by atoms with E-state index in [0.29, 0.717) is 12.0 Å². The number of hydrogen-bond donors (Lipinski definition) is 2. The van der Waals surface area contributed by atoms with Gasteiger partial charge in [-0.25, -0.2) is 8.78 Å². The zero-order valence-electron chi connectivity index (χ0n) is 10.1. The fourth-order valence-electron chi connectivity index (χ4n) is 1.35. The molecule has 1 rings (SSSR count). The Morgan fingerprint density at radius 2 is 2.17 bits per heavy atom. The summed E-state index contributed by atoms with van der Waals surface area (Å²) in [5.74, 6) is -1.30. The van der Waals surface area contributed by atoms with Gasteiger partial charge in [0, 0.05) is 6.54 Å². The predicted octanol–water partition coefficient (Wildman–Crippen LogP) is 1.66. The molecule has 1 amide bonds. The summed E-state index contributed by atoms with van der Waals surface area (Å²) in [5, 5.41) is 2.59. The van der Waals surface area contributed by atoms with Gasteiger partial charge in [-0.2, -0.15) is 11.8 Å². The van der Waals surface area contributed by atoms with E-state index in [-0.39, 0.29) is 12.5 Å². The summed E-state index contributed by atoms with van der Waals surface area (Å²) in [5.41, 5.74) is 6.16. The summed E-state index contributed by atoms with van der Waals surface area (Å²) in [6.07, 6.45) is 2.52. The normalized spacial score (nSPS) is 12.2. The standard InChI is InChI=1S/C12H16F2N2OS/c1-18-5-4-11(15)12(17)16-7-8-2-3-9(13)10(14)6-8/h2-3,6,11H,4-5,7,15H2,1H3,(H,16,17)/t11-/m1/s1. The summed E-state index contributed by atoms with van der Waals surface area (Å²) >= 11 is 1.61. The van der Waals surface area contributed by atoms with Crippen molar-refractivity contribution in [1.29, 1.82) is 0 Å². The van der Waals surface area contributed by atoms with Gasteiger partial charge in [-0.3, -0.25) is 4.79 Å². The minimum absolute atomic E-state index is 0.142. The topological polar surface area (TPSA) is 55.1 Å². The molecule has 1 atom stereocenters. The molecule has 0 aliphatic heterocycles. The zero-order chi connectivity index (χ0) is 13.5. The molecular weight excluding hydrogens is 258 g/mol. The number of rotatable bonds is 6. The Labute approximate surface area is 109 Å². The third-order valence-corrected chi connectivity index (χ3v) is 3.06. The lowest BCUT2D eigenvalue weighted by atomic mass is 10.2. The molecule has 0 heterocycles. The Morgan fingerprint density at radius 3 is 2.78 bits per heavy atom. The van der Waals surface area contributed by atoms with Gasteiger partial charge < -0.3 is 11.1 Å². The molecule has 0 saturated heterocycles. The van der Waals surface area contributed by atoms with Crippen LogP contribution in [0.2, 0.25) is 0 Å². The van der Waals surface area contributed by atoms with E-state index in [1.165, 1.54) is 6.07 Å². The first-order chi connectivity index (χ1) is 8.54. The number of hydrogen-bond acceptors (Lipinski definition) is 3. The summed E-state index contributed by atoms with van der Waals surface area (Å²) in [7, 11) is 0. The smallest absolute Gasteiger partial charge is 0.237 e. The van der Waals surface area contributed by atoms with Gasteiger partial charge in [0.25, 0.3) is 0 Å². The van der Waals surface area contributed by atoms with Crippen LogP contribution in [0, 0.1) is 11.6 Å². The predicted molar refractivity (Wildman–Crippen MR) is 69.2 cm³/mol. The maximum Gasteiger partial charge on any atom is 0.237 e. The second-order valence-corrected chi connectivity index (χ2v) is 4.84. The van der Waals surface area contributed by atoms with Crippen LogP contribution in [0.15, 0.2) is 18.2 Å². The molecule has 0 aromatic heterocycles. The Bertz CT molecular complexity index is 415. The number of thioether (sulfide) groups is 1. The largest absolute Gasteiger partial charge is 0.351 e. The molecule has 0 aliphatic rings. The summed E-state index contributed by atoms with van der Waals surface area (Å²) in [6.45, 7) is 0.142. The fraction of sp³-hybridized carbons (Fsp3) is 0.417. The lowest BCUT2D eigenvalue weighted by molar-refractivity contribution is -0.122. The van der Waals surface area contributed by atoms with E-state index >= 15 is 0 Å². The monoisotopic (exact) mass is 274 g/mol. The SMILES string of the molecule is CSCC[C@@H](N)C(=O)NCc1ccc(F)c(F)c1. The molecule has 0 fully saturated rings. The van der Waals surface area contributed by atoms with Crippen LogP contribution in [0.25, 0.3) is 0 Å². The van der Waals surface area contributed by atoms with Gasteiger partial charge in [-0.1, -0.05) is 6.07 Å². The van der Waals surface area contributed by atoms with E-state index in [1.54, 1.807) is 11.8 Å². The van der Waals surface area contributed by atoms with Crippen molar-refractivity contribution in [2.45, 2.75) is 19.0 Å². The van der Waals surface area contributed by atoms with Crippen LogP contribution in [-0.2, 0) is 11.3 Å². The van der Waals surface area contributed by atoms with E-state index in [1.807, 2.05) is 6.26 Å². The molecule has 3 nitrogen and oxygen atoms in total. The molecule has 1 aromatic rings. The molecule has 0 radical (unpaired) electrons. The lowest BCUT2D eigenvalue weighted by Gasteiger charge is -2.11. The molecule has 100 valence electrons. The van der Waals surface area contributed by atoms with Gasteiger partial charge in [0.1, 0.15) is 0 Å². The highest BCUT2D eigenvalue weighted by Gasteiger charge is 2.12. The quantitative estimate of drug-likeness (QED) is 0.829. The Hall–Kier alpha value is -1.14. The van der Waals surface area contributed by atoms with E-state index < -0.39 is 17.7 Å². The molecule has 1 aromatic carbocycles. The van der Waals surface area contributed by atoms with Gasteiger partial charge in [-0.15, -0.1) is 0 Å². The number of benzene rings is 1. The van der Waals surface area contributed by atoms with Crippen LogP contribution in [0.5, 0.6) is 0 Å². The molecule has 0 saturated carbocycles. The fourth-order valence-corrected chi connectivity index (χ4v) is 1.84. The van der Waals surface area contributed by atoms with E-state index in [2.05, 4.69) is 5.32 Å². The molecule has 0 bridgehead atoms. The highest BCUT2D eigenvalue weighted by atomic mass is 32.2. The first-order valence-corrected chi connectivity index (χ1v) is 6.90. The van der Waals surface area contributed by atoms with Crippen molar-refractivity contribution in [3.05, 3.63) is 35.4 Å². The van der Waals surface area contributed by atoms with E-state index in [4.69, 9.17) is 5.73 Å². The second kappa shape index (κ2) is 7.33. The van der Waals surface area contributed by atoms with Crippen LogP contribution >= 0.6 is 11.8 Å². The van der Waals surface area contributed by atoms with Crippen molar-refractivity contribution >= 4 is 17.7 Å². The van der Waals surface area contributed by atoms with Crippen molar-refractivity contribution < 1.29 is 13.6 Å². The molecule has 0 aliphatic carbocycles. The number of nitrogens with one attached hydrogen (secondary N) is 1. The number of amides is 1. The number of nitrogens with two attached hydrogens (primary N) is 1. The molecule has 6 heteroatoms. The van der Waals surface area contributed by atoms with Crippen molar-refractivity contribution in [2.24, 2.45) is 5.73 Å². The summed E-state index contributed by atoms with van der Waals surface area (Å²) in [4.78, 5) is 11.6. The summed E-state index contributed by atoms with van der Waals surface area (Å²) in [6, 6.07) is 2.95. The van der Waals surface area contributed by atoms with Crippen molar-refractivity contribution in [2.75, 3.05) is 12.0 Å². The van der Waals surface area contributed by atoms with E-state index in [9.17, 15) is 13.6 Å². The van der Waals surface area contributed by atoms with Crippen molar-refractivity contribution in [1.82, 2.24) is 5.32 Å². The van der Waals surface area contributed by atoms with E-state index in [0.717, 1.165) is 17.9 Å². The average molecular weight is 274 g/mol. The van der Waals surface area contributed by atoms with Gasteiger partial charge in [-0.05, 0) is 36.1 Å². The van der Waals surface area contributed by atoms with Crippen LogP contribution in [0.4, 0.5) is 8.78 Å². The minimum atomic E-state index is -0.923. The Balaban J connectivity index is 2.44. The highest BCUT2D eigenvalue weighted by Crippen LogP contribution is 2.08. The lowest BCUT2D eigenvalue weighted by Crippen LogP contribution is -2.40. The number of carbonyl (C=O) groups excluding carboxylic acids is 1. The van der Waals surface area contributed by atoms with Gasteiger partial charge in [0.2, 0.25) is 5.91 Å². The third kappa shape index (κ3) is 4.62. The van der Waals surface area contributed by atoms with Gasteiger partial charge in [0.05, 0.1) is 6.04 Å². The highest BCUT2D eigenvalue weighted by molar-refractivity contribution is 7.98. The molecule has 18 heavy (non-hydrogen) atoms. The first kappa shape index (κ1) is 14.9.